The van der Waals surface area contributed by atoms with Crippen LogP contribution >= 0.6 is 0 Å². The number of carbonyl (C=O) groups is 2. The third-order valence-corrected chi connectivity index (χ3v) is 4.68. The summed E-state index contributed by atoms with van der Waals surface area (Å²) in [5, 5.41) is 12.2. The van der Waals surface area contributed by atoms with Gasteiger partial charge in [0.2, 0.25) is 0 Å². The molecule has 0 spiro atoms. The molecule has 3 aromatic rings. The summed E-state index contributed by atoms with van der Waals surface area (Å²) in [5.41, 5.74) is 3.71. The molecule has 0 unspecified atom stereocenters. The van der Waals surface area contributed by atoms with Crippen molar-refractivity contribution in [2.75, 3.05) is 11.9 Å². The van der Waals surface area contributed by atoms with Gasteiger partial charge < -0.3 is 10.1 Å². The van der Waals surface area contributed by atoms with E-state index in [0.29, 0.717) is 27.9 Å². The van der Waals surface area contributed by atoms with Crippen molar-refractivity contribution in [1.29, 1.82) is 5.26 Å². The van der Waals surface area contributed by atoms with Crippen LogP contribution in [-0.2, 0) is 9.53 Å². The summed E-state index contributed by atoms with van der Waals surface area (Å²) >= 11 is 0. The highest BCUT2D eigenvalue weighted by molar-refractivity contribution is 6.00. The number of amides is 1. The highest BCUT2D eigenvalue weighted by atomic mass is 16.5. The fraction of sp³-hybridized carbons (Fsp3) is 0.160. The Kier molecular flexibility index (Phi) is 6.61. The second kappa shape index (κ2) is 9.53. The van der Waals surface area contributed by atoms with Gasteiger partial charge in [0.1, 0.15) is 0 Å². The number of rotatable bonds is 6. The summed E-state index contributed by atoms with van der Waals surface area (Å²) in [6, 6.07) is 23.6. The highest BCUT2D eigenvalue weighted by Crippen LogP contribution is 2.27. The Bertz CT molecular complexity index is 1110. The Balaban J connectivity index is 1.74. The lowest BCUT2D eigenvalue weighted by Crippen LogP contribution is -2.22. The van der Waals surface area contributed by atoms with E-state index < -0.39 is 18.5 Å². The minimum atomic E-state index is -0.620. The summed E-state index contributed by atoms with van der Waals surface area (Å²) in [7, 11) is 0. The molecular formula is C25H22N2O3. The van der Waals surface area contributed by atoms with E-state index in [-0.39, 0.29) is 5.92 Å². The quantitative estimate of drug-likeness (QED) is 0.583. The molecule has 30 heavy (non-hydrogen) atoms. The molecule has 0 heterocycles. The van der Waals surface area contributed by atoms with Gasteiger partial charge in [-0.2, -0.15) is 5.26 Å². The maximum Gasteiger partial charge on any atom is 0.339 e. The number of nitriles is 1. The number of carbonyl (C=O) groups excluding carboxylic acids is 2. The second-order valence-corrected chi connectivity index (χ2v) is 7.07. The number of hydrogen-bond acceptors (Lipinski definition) is 4. The van der Waals surface area contributed by atoms with E-state index in [1.165, 1.54) is 0 Å². The zero-order valence-corrected chi connectivity index (χ0v) is 16.9. The van der Waals surface area contributed by atoms with Crippen molar-refractivity contribution >= 4 is 17.6 Å². The SMILES string of the molecule is CC(C)c1ccccc1NC(=O)COC(=O)c1ccccc1-c1ccccc1C#N. The molecule has 0 saturated heterocycles. The summed E-state index contributed by atoms with van der Waals surface area (Å²) in [6.45, 7) is 3.68. The van der Waals surface area contributed by atoms with E-state index in [4.69, 9.17) is 4.74 Å². The first-order chi connectivity index (χ1) is 14.5. The van der Waals surface area contributed by atoms with Crippen LogP contribution in [0.1, 0.15) is 41.3 Å². The molecular weight excluding hydrogens is 376 g/mol. The smallest absolute Gasteiger partial charge is 0.339 e. The number of para-hydroxylation sites is 1. The van der Waals surface area contributed by atoms with Crippen molar-refractivity contribution < 1.29 is 14.3 Å². The summed E-state index contributed by atoms with van der Waals surface area (Å²) < 4.78 is 5.26. The average Bonchev–Trinajstić information content (AvgIpc) is 2.77. The van der Waals surface area contributed by atoms with Gasteiger partial charge >= 0.3 is 5.97 Å². The standard InChI is InChI=1S/C25H22N2O3/c1-17(2)19-10-7-8-14-23(19)27-24(28)16-30-25(29)22-13-6-5-12-21(22)20-11-4-3-9-18(20)15-26/h3-14,17H,16H2,1-2H3,(H,27,28). The first kappa shape index (κ1) is 20.8. The van der Waals surface area contributed by atoms with Crippen molar-refractivity contribution in [3.05, 3.63) is 89.5 Å². The van der Waals surface area contributed by atoms with Gasteiger partial charge in [-0.1, -0.05) is 68.4 Å². The molecule has 5 heteroatoms. The van der Waals surface area contributed by atoms with Crippen LogP contribution in [0.4, 0.5) is 5.69 Å². The fourth-order valence-electron chi connectivity index (χ4n) is 3.22. The molecule has 0 aliphatic heterocycles. The van der Waals surface area contributed by atoms with Crippen LogP contribution < -0.4 is 5.32 Å². The van der Waals surface area contributed by atoms with Gasteiger partial charge in [0.15, 0.2) is 6.61 Å². The van der Waals surface area contributed by atoms with Gasteiger partial charge in [-0.05, 0) is 35.2 Å². The Hall–Kier alpha value is -3.91. The highest BCUT2D eigenvalue weighted by Gasteiger charge is 2.17. The van der Waals surface area contributed by atoms with Crippen LogP contribution in [-0.4, -0.2) is 18.5 Å². The van der Waals surface area contributed by atoms with Crippen molar-refractivity contribution in [3.63, 3.8) is 0 Å². The molecule has 0 radical (unpaired) electrons. The lowest BCUT2D eigenvalue weighted by atomic mass is 9.96. The van der Waals surface area contributed by atoms with E-state index in [0.717, 1.165) is 5.56 Å². The Labute approximate surface area is 175 Å². The van der Waals surface area contributed by atoms with E-state index in [1.807, 2.05) is 38.1 Å². The molecule has 0 aromatic heterocycles. The molecule has 150 valence electrons. The molecule has 1 N–H and O–H groups in total. The monoisotopic (exact) mass is 398 g/mol. The van der Waals surface area contributed by atoms with Gasteiger partial charge in [0.25, 0.3) is 5.91 Å². The molecule has 3 rings (SSSR count). The predicted molar refractivity (Wildman–Crippen MR) is 116 cm³/mol. The molecule has 3 aromatic carbocycles. The number of benzene rings is 3. The van der Waals surface area contributed by atoms with E-state index in [9.17, 15) is 14.9 Å². The number of ether oxygens (including phenoxy) is 1. The molecule has 0 saturated carbocycles. The van der Waals surface area contributed by atoms with E-state index in [2.05, 4.69) is 11.4 Å². The van der Waals surface area contributed by atoms with E-state index in [1.54, 1.807) is 48.5 Å². The molecule has 0 aliphatic rings. The second-order valence-electron chi connectivity index (χ2n) is 7.07. The van der Waals surface area contributed by atoms with Gasteiger partial charge in [-0.25, -0.2) is 4.79 Å². The van der Waals surface area contributed by atoms with Gasteiger partial charge in [0.05, 0.1) is 17.2 Å². The minimum absolute atomic E-state index is 0.246. The maximum absolute atomic E-state index is 12.7. The Morgan fingerprint density at radius 1 is 0.933 bits per heavy atom. The number of nitrogens with zero attached hydrogens (tertiary/aromatic N) is 1. The minimum Gasteiger partial charge on any atom is -0.452 e. The normalized spacial score (nSPS) is 10.3. The Morgan fingerprint density at radius 2 is 1.57 bits per heavy atom. The third-order valence-electron chi connectivity index (χ3n) is 4.68. The maximum atomic E-state index is 12.7. The molecule has 0 bridgehead atoms. The number of esters is 1. The van der Waals surface area contributed by atoms with Gasteiger partial charge in [0, 0.05) is 11.3 Å². The number of nitrogens with one attached hydrogen (secondary N) is 1. The largest absolute Gasteiger partial charge is 0.452 e. The first-order valence-corrected chi connectivity index (χ1v) is 9.65. The van der Waals surface area contributed by atoms with Crippen molar-refractivity contribution in [3.8, 4) is 17.2 Å². The molecule has 5 nitrogen and oxygen atoms in total. The predicted octanol–water partition coefficient (Wildman–Crippen LogP) is 5.14. The lowest BCUT2D eigenvalue weighted by Gasteiger charge is -2.14. The third kappa shape index (κ3) is 4.73. The molecule has 0 aliphatic carbocycles. The van der Waals surface area contributed by atoms with Crippen LogP contribution in [0, 0.1) is 11.3 Å². The average molecular weight is 398 g/mol. The fourth-order valence-corrected chi connectivity index (χ4v) is 3.22. The summed E-state index contributed by atoms with van der Waals surface area (Å²) in [4.78, 5) is 25.0. The Morgan fingerprint density at radius 3 is 2.30 bits per heavy atom. The summed E-state index contributed by atoms with van der Waals surface area (Å²) in [6.07, 6.45) is 0. The van der Waals surface area contributed by atoms with Crippen LogP contribution in [0.3, 0.4) is 0 Å². The molecule has 1 amide bonds. The molecule has 0 atom stereocenters. The van der Waals surface area contributed by atoms with Crippen LogP contribution in [0.5, 0.6) is 0 Å². The first-order valence-electron chi connectivity index (χ1n) is 9.65. The van der Waals surface area contributed by atoms with Crippen LogP contribution in [0.2, 0.25) is 0 Å². The van der Waals surface area contributed by atoms with Gasteiger partial charge in [-0.3, -0.25) is 4.79 Å². The zero-order chi connectivity index (χ0) is 21.5. The number of hydrogen-bond donors (Lipinski definition) is 1. The topological polar surface area (TPSA) is 79.2 Å². The number of anilines is 1. The van der Waals surface area contributed by atoms with Crippen molar-refractivity contribution in [2.24, 2.45) is 0 Å². The van der Waals surface area contributed by atoms with E-state index >= 15 is 0 Å². The summed E-state index contributed by atoms with van der Waals surface area (Å²) in [5.74, 6) is -0.784. The van der Waals surface area contributed by atoms with Crippen molar-refractivity contribution in [1.82, 2.24) is 0 Å². The lowest BCUT2D eigenvalue weighted by molar-refractivity contribution is -0.119. The molecule has 0 fully saturated rings. The van der Waals surface area contributed by atoms with Crippen LogP contribution in [0.25, 0.3) is 11.1 Å². The van der Waals surface area contributed by atoms with Gasteiger partial charge in [-0.15, -0.1) is 0 Å². The van der Waals surface area contributed by atoms with Crippen LogP contribution in [0.15, 0.2) is 72.8 Å². The zero-order valence-electron chi connectivity index (χ0n) is 16.9. The van der Waals surface area contributed by atoms with Crippen molar-refractivity contribution in [2.45, 2.75) is 19.8 Å².